The summed E-state index contributed by atoms with van der Waals surface area (Å²) in [5.74, 6) is 1.51. The predicted octanol–water partition coefficient (Wildman–Crippen LogP) is 3.46. The van der Waals surface area contributed by atoms with Gasteiger partial charge in [0.05, 0.1) is 6.04 Å². The van der Waals surface area contributed by atoms with Crippen LogP contribution < -0.4 is 5.32 Å². The average Bonchev–Trinajstić information content (AvgIpc) is 2.89. The topological polar surface area (TPSA) is 65.1 Å². The van der Waals surface area contributed by atoms with Gasteiger partial charge < -0.3 is 14.6 Å². The van der Waals surface area contributed by atoms with Crippen LogP contribution in [0.1, 0.15) is 37.0 Å². The van der Waals surface area contributed by atoms with Gasteiger partial charge in [-0.3, -0.25) is 0 Å². The molecule has 2 aromatic rings. The van der Waals surface area contributed by atoms with Crippen molar-refractivity contribution in [3.63, 3.8) is 0 Å². The van der Waals surface area contributed by atoms with Gasteiger partial charge in [-0.15, -0.1) is 0 Å². The maximum absolute atomic E-state index is 9.23. The number of rotatable bonds is 7. The first-order valence-corrected chi connectivity index (χ1v) is 7.86. The molecule has 5 heteroatoms. The monoisotopic (exact) mass is 312 g/mol. The number of nitrogens with one attached hydrogen (secondary N) is 1. The molecule has 1 atom stereocenters. The van der Waals surface area contributed by atoms with E-state index in [1.807, 2.05) is 32.3 Å². The second-order valence-electron chi connectivity index (χ2n) is 6.27. The Balaban J connectivity index is 2.12. The minimum Gasteiger partial charge on any atom is -0.424 e. The molecule has 0 amide bonds. The van der Waals surface area contributed by atoms with Crippen LogP contribution in [0.3, 0.4) is 0 Å². The van der Waals surface area contributed by atoms with E-state index in [-0.39, 0.29) is 6.04 Å². The molecule has 0 spiro atoms. The Hall–Kier alpha value is -2.32. The zero-order valence-corrected chi connectivity index (χ0v) is 14.2. The van der Waals surface area contributed by atoms with Gasteiger partial charge in [-0.25, -0.2) is 4.98 Å². The first-order valence-electron chi connectivity index (χ1n) is 7.86. The molecule has 1 aromatic carbocycles. The van der Waals surface area contributed by atoms with Crippen LogP contribution in [0.4, 0.5) is 5.88 Å². The Kier molecular flexibility index (Phi) is 5.78. The molecule has 1 unspecified atom stereocenters. The summed E-state index contributed by atoms with van der Waals surface area (Å²) in [5.41, 5.74) is 1.54. The summed E-state index contributed by atoms with van der Waals surface area (Å²) < 4.78 is 5.72. The number of nitrogens with zero attached hydrogens (tertiary/aromatic N) is 3. The Morgan fingerprint density at radius 3 is 2.52 bits per heavy atom. The van der Waals surface area contributed by atoms with Crippen molar-refractivity contribution >= 4 is 5.88 Å². The van der Waals surface area contributed by atoms with Gasteiger partial charge in [-0.1, -0.05) is 44.2 Å². The molecular weight excluding hydrogens is 288 g/mol. The van der Waals surface area contributed by atoms with E-state index in [9.17, 15) is 5.26 Å². The van der Waals surface area contributed by atoms with Crippen LogP contribution in [0.2, 0.25) is 0 Å². The number of likely N-dealkylation sites (N-methyl/N-ethyl adjacent to an activating group) is 1. The molecular formula is C18H24N4O. The van der Waals surface area contributed by atoms with Gasteiger partial charge in [0, 0.05) is 13.0 Å². The zero-order chi connectivity index (χ0) is 16.8. The number of nitriles is 1. The standard InChI is InChI=1S/C18H24N4O/c1-13(2)10-17-21-15(11-19)18(23-17)20-12-16(22(3)4)14-8-6-5-7-9-14/h5-9,13,16,20H,10,12H2,1-4H3. The maximum atomic E-state index is 9.23. The molecule has 0 fully saturated rings. The van der Waals surface area contributed by atoms with Crippen molar-refractivity contribution < 1.29 is 4.42 Å². The highest BCUT2D eigenvalue weighted by Crippen LogP contribution is 2.22. The molecule has 5 nitrogen and oxygen atoms in total. The SMILES string of the molecule is CC(C)Cc1nc(C#N)c(NCC(c2ccccc2)N(C)C)o1. The highest BCUT2D eigenvalue weighted by atomic mass is 16.4. The van der Waals surface area contributed by atoms with Crippen molar-refractivity contribution in [1.29, 1.82) is 5.26 Å². The van der Waals surface area contributed by atoms with E-state index >= 15 is 0 Å². The van der Waals surface area contributed by atoms with E-state index in [2.05, 4.69) is 47.3 Å². The van der Waals surface area contributed by atoms with Crippen LogP contribution in [-0.2, 0) is 6.42 Å². The second-order valence-corrected chi connectivity index (χ2v) is 6.27. The molecule has 0 saturated heterocycles. The number of benzene rings is 1. The number of oxazole rings is 1. The molecule has 0 saturated carbocycles. The van der Waals surface area contributed by atoms with Gasteiger partial charge in [0.25, 0.3) is 0 Å². The average molecular weight is 312 g/mol. The molecule has 0 radical (unpaired) electrons. The van der Waals surface area contributed by atoms with Crippen molar-refractivity contribution in [2.45, 2.75) is 26.3 Å². The van der Waals surface area contributed by atoms with Gasteiger partial charge >= 0.3 is 0 Å². The molecule has 0 aliphatic rings. The van der Waals surface area contributed by atoms with E-state index < -0.39 is 0 Å². The molecule has 0 aliphatic carbocycles. The lowest BCUT2D eigenvalue weighted by Crippen LogP contribution is -2.26. The predicted molar refractivity (Wildman–Crippen MR) is 91.1 cm³/mol. The number of aromatic nitrogens is 1. The third kappa shape index (κ3) is 4.57. The molecule has 2 rings (SSSR count). The Morgan fingerprint density at radius 2 is 1.96 bits per heavy atom. The van der Waals surface area contributed by atoms with Crippen molar-refractivity contribution in [2.24, 2.45) is 5.92 Å². The molecule has 1 heterocycles. The van der Waals surface area contributed by atoms with Crippen molar-refractivity contribution in [3.05, 3.63) is 47.5 Å². The first-order chi connectivity index (χ1) is 11.0. The van der Waals surface area contributed by atoms with Crippen molar-refractivity contribution in [1.82, 2.24) is 9.88 Å². The largest absolute Gasteiger partial charge is 0.424 e. The van der Waals surface area contributed by atoms with Crippen LogP contribution in [0.25, 0.3) is 0 Å². The van der Waals surface area contributed by atoms with Crippen LogP contribution in [0.5, 0.6) is 0 Å². The lowest BCUT2D eigenvalue weighted by molar-refractivity contribution is 0.310. The van der Waals surface area contributed by atoms with E-state index in [1.165, 1.54) is 5.56 Å². The summed E-state index contributed by atoms with van der Waals surface area (Å²) in [6.07, 6.45) is 0.728. The highest BCUT2D eigenvalue weighted by Gasteiger charge is 2.18. The fraction of sp³-hybridized carbons (Fsp3) is 0.444. The summed E-state index contributed by atoms with van der Waals surface area (Å²) in [4.78, 5) is 6.40. The maximum Gasteiger partial charge on any atom is 0.232 e. The molecule has 1 N–H and O–H groups in total. The lowest BCUT2D eigenvalue weighted by atomic mass is 10.1. The third-order valence-electron chi connectivity index (χ3n) is 3.62. The van der Waals surface area contributed by atoms with Crippen molar-refractivity contribution in [3.8, 4) is 6.07 Å². The van der Waals surface area contributed by atoms with E-state index in [0.29, 0.717) is 29.9 Å². The Labute approximate surface area is 137 Å². The normalized spacial score (nSPS) is 12.4. The fourth-order valence-corrected chi connectivity index (χ4v) is 2.46. The van der Waals surface area contributed by atoms with Crippen LogP contribution >= 0.6 is 0 Å². The number of hydrogen-bond acceptors (Lipinski definition) is 5. The lowest BCUT2D eigenvalue weighted by Gasteiger charge is -2.24. The van der Waals surface area contributed by atoms with Gasteiger partial charge in [0.2, 0.25) is 11.6 Å². The summed E-state index contributed by atoms with van der Waals surface area (Å²) in [6.45, 7) is 4.84. The molecule has 122 valence electrons. The summed E-state index contributed by atoms with van der Waals surface area (Å²) in [5, 5.41) is 12.5. The van der Waals surface area contributed by atoms with E-state index in [0.717, 1.165) is 6.42 Å². The van der Waals surface area contributed by atoms with Gasteiger partial charge in [-0.2, -0.15) is 5.26 Å². The Morgan fingerprint density at radius 1 is 1.26 bits per heavy atom. The summed E-state index contributed by atoms with van der Waals surface area (Å²) in [6, 6.07) is 12.5. The fourth-order valence-electron chi connectivity index (χ4n) is 2.46. The minimum absolute atomic E-state index is 0.182. The number of anilines is 1. The quantitative estimate of drug-likeness (QED) is 0.848. The smallest absolute Gasteiger partial charge is 0.232 e. The van der Waals surface area contributed by atoms with Crippen LogP contribution in [0, 0.1) is 17.2 Å². The van der Waals surface area contributed by atoms with Gasteiger partial charge in [0.1, 0.15) is 6.07 Å². The highest BCUT2D eigenvalue weighted by molar-refractivity contribution is 5.45. The van der Waals surface area contributed by atoms with E-state index in [1.54, 1.807) is 0 Å². The molecule has 0 aliphatic heterocycles. The van der Waals surface area contributed by atoms with E-state index in [4.69, 9.17) is 4.42 Å². The zero-order valence-electron chi connectivity index (χ0n) is 14.2. The van der Waals surface area contributed by atoms with Gasteiger partial charge in [0.15, 0.2) is 5.89 Å². The van der Waals surface area contributed by atoms with Crippen LogP contribution in [-0.4, -0.2) is 30.5 Å². The Bertz CT molecular complexity index is 655. The minimum atomic E-state index is 0.182. The number of hydrogen-bond donors (Lipinski definition) is 1. The third-order valence-corrected chi connectivity index (χ3v) is 3.62. The summed E-state index contributed by atoms with van der Waals surface area (Å²) >= 11 is 0. The first kappa shape index (κ1) is 17.0. The van der Waals surface area contributed by atoms with Crippen LogP contribution in [0.15, 0.2) is 34.7 Å². The van der Waals surface area contributed by atoms with Gasteiger partial charge in [-0.05, 0) is 25.6 Å². The second kappa shape index (κ2) is 7.80. The molecule has 1 aromatic heterocycles. The summed E-state index contributed by atoms with van der Waals surface area (Å²) in [7, 11) is 4.07. The van der Waals surface area contributed by atoms with Crippen molar-refractivity contribution in [2.75, 3.05) is 26.0 Å². The molecule has 23 heavy (non-hydrogen) atoms. The molecule has 0 bridgehead atoms.